The zero-order chi connectivity index (χ0) is 20.9. The van der Waals surface area contributed by atoms with E-state index in [2.05, 4.69) is 46.9 Å². The third-order valence-electron chi connectivity index (χ3n) is 4.15. The molecule has 1 saturated carbocycles. The highest BCUT2D eigenvalue weighted by Gasteiger charge is 2.28. The van der Waals surface area contributed by atoms with E-state index in [1.54, 1.807) is 23.5 Å². The Balaban J connectivity index is 2.06. The normalized spacial score (nSPS) is 14.6. The molecule has 156 valence electrons. The van der Waals surface area contributed by atoms with Crippen LogP contribution in [0.15, 0.2) is 24.3 Å². The van der Waals surface area contributed by atoms with Crippen molar-refractivity contribution >= 4 is 46.7 Å². The summed E-state index contributed by atoms with van der Waals surface area (Å²) in [7, 11) is 0. The van der Waals surface area contributed by atoms with E-state index in [-0.39, 0.29) is 21.3 Å². The summed E-state index contributed by atoms with van der Waals surface area (Å²) in [4.78, 5) is 27.1. The van der Waals surface area contributed by atoms with Crippen molar-refractivity contribution in [1.82, 2.24) is 0 Å². The first-order valence-electron chi connectivity index (χ1n) is 9.91. The molecule has 4 nitrogen and oxygen atoms in total. The summed E-state index contributed by atoms with van der Waals surface area (Å²) in [6, 6.07) is 7.67. The van der Waals surface area contributed by atoms with Crippen LogP contribution in [0.4, 0.5) is 11.4 Å². The number of rotatable bonds is 8. The van der Waals surface area contributed by atoms with E-state index in [9.17, 15) is 9.59 Å². The number of anilines is 2. The Hall–Kier alpha value is -1.14. The summed E-state index contributed by atoms with van der Waals surface area (Å²) in [5, 5.41) is 2.97. The largest absolute Gasteiger partial charge is 0.325 e. The van der Waals surface area contributed by atoms with E-state index in [1.807, 2.05) is 29.2 Å². The van der Waals surface area contributed by atoms with Crippen LogP contribution < -0.4 is 10.2 Å². The molecule has 1 aliphatic rings. The molecule has 2 rings (SSSR count). The quantitative estimate of drug-likeness (QED) is 0.607. The van der Waals surface area contributed by atoms with E-state index in [0.29, 0.717) is 17.4 Å². The van der Waals surface area contributed by atoms with Gasteiger partial charge in [-0.2, -0.15) is 0 Å². The third-order valence-corrected chi connectivity index (χ3v) is 6.68. The predicted octanol–water partition coefficient (Wildman–Crippen LogP) is 5.43. The van der Waals surface area contributed by atoms with Crippen molar-refractivity contribution in [2.75, 3.05) is 28.3 Å². The molecule has 6 heteroatoms. The molecular formula is C22H34N2O2S2. The predicted molar refractivity (Wildman–Crippen MR) is 125 cm³/mol. The molecule has 0 unspecified atom stereocenters. The minimum atomic E-state index is -0.0135. The summed E-state index contributed by atoms with van der Waals surface area (Å²) in [5.41, 5.74) is 1.61. The number of nitrogens with one attached hydrogen (secondary N) is 1. The average molecular weight is 423 g/mol. The molecule has 2 amide bonds. The minimum absolute atomic E-state index is 0.0135. The zero-order valence-electron chi connectivity index (χ0n) is 18.0. The lowest BCUT2D eigenvalue weighted by atomic mass is 10.2. The Morgan fingerprint density at radius 3 is 2.21 bits per heavy atom. The van der Waals surface area contributed by atoms with E-state index in [0.717, 1.165) is 17.9 Å². The van der Waals surface area contributed by atoms with E-state index in [1.165, 1.54) is 12.8 Å². The van der Waals surface area contributed by atoms with Crippen molar-refractivity contribution < 1.29 is 9.59 Å². The number of carbonyl (C=O) groups is 2. The molecule has 0 radical (unpaired) electrons. The Labute approximate surface area is 178 Å². The van der Waals surface area contributed by atoms with Crippen LogP contribution in [0.3, 0.4) is 0 Å². The summed E-state index contributed by atoms with van der Waals surface area (Å²) in [5.74, 6) is 1.61. The maximum absolute atomic E-state index is 12.9. The Morgan fingerprint density at radius 2 is 1.64 bits per heavy atom. The number of carbonyl (C=O) groups excluding carboxylic acids is 2. The summed E-state index contributed by atoms with van der Waals surface area (Å²) < 4.78 is 0.110. The second-order valence-corrected chi connectivity index (χ2v) is 13.0. The van der Waals surface area contributed by atoms with Crippen LogP contribution in [0.5, 0.6) is 0 Å². The highest BCUT2D eigenvalue weighted by molar-refractivity contribution is 8.01. The van der Waals surface area contributed by atoms with Gasteiger partial charge in [-0.15, -0.1) is 23.5 Å². The van der Waals surface area contributed by atoms with Crippen molar-refractivity contribution in [1.29, 1.82) is 0 Å². The van der Waals surface area contributed by atoms with Gasteiger partial charge in [-0.3, -0.25) is 9.59 Å². The van der Waals surface area contributed by atoms with Crippen LogP contribution in [0.2, 0.25) is 0 Å². The Kier molecular flexibility index (Phi) is 7.91. The molecule has 1 aliphatic carbocycles. The Morgan fingerprint density at radius 1 is 1.04 bits per heavy atom. The lowest BCUT2D eigenvalue weighted by Crippen LogP contribution is -2.35. The van der Waals surface area contributed by atoms with E-state index < -0.39 is 0 Å². The monoisotopic (exact) mass is 422 g/mol. The maximum atomic E-state index is 12.9. The summed E-state index contributed by atoms with van der Waals surface area (Å²) in [6.07, 6.45) is 2.38. The number of thioether (sulfide) groups is 2. The SMILES string of the molecule is CC(C)(C)SCC(=O)Nc1cccc(N(CC2CC2)C(=O)CSC(C)(C)C)c1. The summed E-state index contributed by atoms with van der Waals surface area (Å²) >= 11 is 3.29. The first-order valence-corrected chi connectivity index (χ1v) is 11.9. The zero-order valence-corrected chi connectivity index (χ0v) is 19.6. The van der Waals surface area contributed by atoms with Gasteiger partial charge >= 0.3 is 0 Å². The molecule has 0 bridgehead atoms. The topological polar surface area (TPSA) is 49.4 Å². The molecule has 0 atom stereocenters. The molecule has 1 N–H and O–H groups in total. The second-order valence-electron chi connectivity index (χ2n) is 9.35. The van der Waals surface area contributed by atoms with Gasteiger partial charge in [0.15, 0.2) is 0 Å². The second kappa shape index (κ2) is 9.57. The molecule has 0 spiro atoms. The minimum Gasteiger partial charge on any atom is -0.325 e. The van der Waals surface area contributed by atoms with Gasteiger partial charge < -0.3 is 10.2 Å². The van der Waals surface area contributed by atoms with Crippen LogP contribution >= 0.6 is 23.5 Å². The summed E-state index contributed by atoms with van der Waals surface area (Å²) in [6.45, 7) is 13.4. The van der Waals surface area contributed by atoms with Crippen molar-refractivity contribution in [2.24, 2.45) is 5.92 Å². The molecule has 0 heterocycles. The lowest BCUT2D eigenvalue weighted by molar-refractivity contribution is -0.116. The van der Waals surface area contributed by atoms with Gasteiger partial charge in [-0.1, -0.05) is 47.6 Å². The number of hydrogen-bond donors (Lipinski definition) is 1. The van der Waals surface area contributed by atoms with Gasteiger partial charge in [0.25, 0.3) is 0 Å². The highest BCUT2D eigenvalue weighted by atomic mass is 32.2. The van der Waals surface area contributed by atoms with Crippen LogP contribution in [0, 0.1) is 5.92 Å². The molecule has 1 aromatic rings. The van der Waals surface area contributed by atoms with Crippen LogP contribution in [-0.4, -0.2) is 39.4 Å². The average Bonchev–Trinajstić information content (AvgIpc) is 3.39. The number of benzene rings is 1. The lowest BCUT2D eigenvalue weighted by Gasteiger charge is -2.25. The fraction of sp³-hybridized carbons (Fsp3) is 0.636. The van der Waals surface area contributed by atoms with Gasteiger partial charge in [0, 0.05) is 27.4 Å². The van der Waals surface area contributed by atoms with Crippen LogP contribution in [0.1, 0.15) is 54.4 Å². The Bertz CT molecular complexity index is 689. The van der Waals surface area contributed by atoms with Gasteiger partial charge in [-0.25, -0.2) is 0 Å². The van der Waals surface area contributed by atoms with Crippen molar-refractivity contribution in [3.63, 3.8) is 0 Å². The fourth-order valence-electron chi connectivity index (χ4n) is 2.50. The van der Waals surface area contributed by atoms with Crippen LogP contribution in [0.25, 0.3) is 0 Å². The first kappa shape index (κ1) is 23.1. The van der Waals surface area contributed by atoms with Gasteiger partial charge in [0.2, 0.25) is 11.8 Å². The maximum Gasteiger partial charge on any atom is 0.237 e. The standard InChI is InChI=1S/C22H34N2O2S2/c1-21(2,3)27-14-19(25)23-17-8-7-9-18(12-17)24(13-16-10-11-16)20(26)15-28-22(4,5)6/h7-9,12,16H,10-11,13-15H2,1-6H3,(H,23,25). The smallest absolute Gasteiger partial charge is 0.237 e. The van der Waals surface area contributed by atoms with E-state index in [4.69, 9.17) is 0 Å². The molecule has 0 saturated heterocycles. The highest BCUT2D eigenvalue weighted by Crippen LogP contribution is 2.33. The van der Waals surface area contributed by atoms with Crippen LogP contribution in [-0.2, 0) is 9.59 Å². The molecule has 0 aliphatic heterocycles. The molecule has 0 aromatic heterocycles. The number of nitrogens with zero attached hydrogens (tertiary/aromatic N) is 1. The molecular weight excluding hydrogens is 388 g/mol. The first-order chi connectivity index (χ1) is 12.9. The van der Waals surface area contributed by atoms with E-state index >= 15 is 0 Å². The number of amides is 2. The van der Waals surface area contributed by atoms with Crippen molar-refractivity contribution in [3.8, 4) is 0 Å². The fourth-order valence-corrected chi connectivity index (χ4v) is 3.85. The third kappa shape index (κ3) is 8.91. The van der Waals surface area contributed by atoms with Crippen molar-refractivity contribution in [3.05, 3.63) is 24.3 Å². The van der Waals surface area contributed by atoms with Crippen molar-refractivity contribution in [2.45, 2.75) is 63.9 Å². The van der Waals surface area contributed by atoms with Gasteiger partial charge in [0.1, 0.15) is 0 Å². The molecule has 28 heavy (non-hydrogen) atoms. The number of hydrogen-bond acceptors (Lipinski definition) is 4. The van der Waals surface area contributed by atoms with Gasteiger partial charge in [-0.05, 0) is 37.0 Å². The molecule has 1 fully saturated rings. The molecule has 1 aromatic carbocycles. The van der Waals surface area contributed by atoms with Gasteiger partial charge in [0.05, 0.1) is 11.5 Å².